The van der Waals surface area contributed by atoms with Crippen LogP contribution < -0.4 is 19.6 Å². The number of carbonyl (C=O) groups is 1. The molecule has 0 bridgehead atoms. The number of hydrogen-bond acceptors (Lipinski definition) is 5. The summed E-state index contributed by atoms with van der Waals surface area (Å²) >= 11 is 0. The van der Waals surface area contributed by atoms with Crippen LogP contribution in [0.5, 0.6) is 17.2 Å². The molecule has 6 nitrogen and oxygen atoms in total. The van der Waals surface area contributed by atoms with E-state index in [-0.39, 0.29) is 12.5 Å². The predicted octanol–water partition coefficient (Wildman–Crippen LogP) is 1.99. The highest BCUT2D eigenvalue weighted by molar-refractivity contribution is 5.85. The molecule has 0 aromatic heterocycles. The second-order valence-corrected chi connectivity index (χ2v) is 4.88. The Bertz CT molecular complexity index is 730. The Hall–Kier alpha value is -3.02. The number of nitrogens with one attached hydrogen (secondary N) is 1. The van der Waals surface area contributed by atoms with Gasteiger partial charge in [-0.05, 0) is 29.8 Å². The van der Waals surface area contributed by atoms with Crippen molar-refractivity contribution in [1.29, 1.82) is 0 Å². The number of fused-ring (bicyclic) bond motifs is 1. The number of amides is 1. The third-order valence-electron chi connectivity index (χ3n) is 3.28. The standard InChI is InChI=1S/C17H16N2O4/c1-21-13-6-4-5-12(9-13)10-18-19-17(20)16-11-22-14-7-2-3-8-15(14)23-16/h2-10,16H,11H2,1H3,(H,19,20)/b18-10+. The molecule has 1 heterocycles. The number of benzene rings is 2. The molecule has 2 aromatic rings. The predicted molar refractivity (Wildman–Crippen MR) is 85.1 cm³/mol. The number of nitrogens with zero attached hydrogens (tertiary/aromatic N) is 1. The van der Waals surface area contributed by atoms with Gasteiger partial charge in [-0.2, -0.15) is 5.10 Å². The van der Waals surface area contributed by atoms with Crippen LogP contribution in [0.1, 0.15) is 5.56 Å². The molecule has 1 atom stereocenters. The molecule has 1 aliphatic heterocycles. The van der Waals surface area contributed by atoms with Crippen LogP contribution in [-0.2, 0) is 4.79 Å². The molecule has 0 saturated heterocycles. The second kappa shape index (κ2) is 6.83. The van der Waals surface area contributed by atoms with Gasteiger partial charge < -0.3 is 14.2 Å². The first-order valence-corrected chi connectivity index (χ1v) is 7.12. The van der Waals surface area contributed by atoms with E-state index >= 15 is 0 Å². The van der Waals surface area contributed by atoms with Gasteiger partial charge in [0.2, 0.25) is 6.10 Å². The molecular weight excluding hydrogens is 296 g/mol. The Morgan fingerprint density at radius 3 is 2.91 bits per heavy atom. The maximum Gasteiger partial charge on any atom is 0.284 e. The van der Waals surface area contributed by atoms with Crippen molar-refractivity contribution >= 4 is 12.1 Å². The zero-order valence-electron chi connectivity index (χ0n) is 12.6. The van der Waals surface area contributed by atoms with Gasteiger partial charge >= 0.3 is 0 Å². The van der Waals surface area contributed by atoms with Crippen molar-refractivity contribution in [2.24, 2.45) is 5.10 Å². The maximum absolute atomic E-state index is 12.1. The highest BCUT2D eigenvalue weighted by Gasteiger charge is 2.26. The van der Waals surface area contributed by atoms with Crippen LogP contribution >= 0.6 is 0 Å². The van der Waals surface area contributed by atoms with Crippen LogP contribution in [-0.4, -0.2) is 31.9 Å². The highest BCUT2D eigenvalue weighted by atomic mass is 16.6. The Morgan fingerprint density at radius 1 is 1.26 bits per heavy atom. The van der Waals surface area contributed by atoms with Crippen molar-refractivity contribution in [1.82, 2.24) is 5.43 Å². The Labute approximate surface area is 133 Å². The summed E-state index contributed by atoms with van der Waals surface area (Å²) in [6.45, 7) is 0.150. The Morgan fingerprint density at radius 2 is 2.09 bits per heavy atom. The lowest BCUT2D eigenvalue weighted by atomic mass is 10.2. The SMILES string of the molecule is COc1cccc(/C=N/NC(=O)C2COc3ccccc3O2)c1. The highest BCUT2D eigenvalue weighted by Crippen LogP contribution is 2.30. The number of carbonyl (C=O) groups excluding carboxylic acids is 1. The number of hydrogen-bond donors (Lipinski definition) is 1. The molecule has 0 radical (unpaired) electrons. The van der Waals surface area contributed by atoms with Crippen LogP contribution in [0.4, 0.5) is 0 Å². The molecule has 1 unspecified atom stereocenters. The van der Waals surface area contributed by atoms with Crippen molar-refractivity contribution < 1.29 is 19.0 Å². The lowest BCUT2D eigenvalue weighted by Gasteiger charge is -2.24. The van der Waals surface area contributed by atoms with E-state index in [0.29, 0.717) is 11.5 Å². The van der Waals surface area contributed by atoms with Gasteiger partial charge in [0.05, 0.1) is 13.3 Å². The first-order chi connectivity index (χ1) is 11.3. The average Bonchev–Trinajstić information content (AvgIpc) is 2.61. The molecular formula is C17H16N2O4. The lowest BCUT2D eigenvalue weighted by Crippen LogP contribution is -2.42. The first kappa shape index (κ1) is 14.9. The zero-order valence-corrected chi connectivity index (χ0v) is 12.6. The molecule has 2 aromatic carbocycles. The molecule has 3 rings (SSSR count). The number of rotatable bonds is 4. The van der Waals surface area contributed by atoms with Crippen LogP contribution in [0.15, 0.2) is 53.6 Å². The van der Waals surface area contributed by atoms with Gasteiger partial charge in [-0.1, -0.05) is 24.3 Å². The van der Waals surface area contributed by atoms with Crippen LogP contribution in [0, 0.1) is 0 Å². The third-order valence-corrected chi connectivity index (χ3v) is 3.28. The van der Waals surface area contributed by atoms with E-state index in [4.69, 9.17) is 14.2 Å². The van der Waals surface area contributed by atoms with E-state index in [0.717, 1.165) is 11.3 Å². The maximum atomic E-state index is 12.1. The Balaban J connectivity index is 1.58. The Kier molecular flexibility index (Phi) is 4.42. The van der Waals surface area contributed by atoms with E-state index in [2.05, 4.69) is 10.5 Å². The summed E-state index contributed by atoms with van der Waals surface area (Å²) in [5, 5.41) is 3.93. The van der Waals surface area contributed by atoms with E-state index in [1.807, 2.05) is 36.4 Å². The van der Waals surface area contributed by atoms with Crippen molar-refractivity contribution in [2.45, 2.75) is 6.10 Å². The number of para-hydroxylation sites is 2. The minimum atomic E-state index is -0.729. The third kappa shape index (κ3) is 3.60. The fourth-order valence-electron chi connectivity index (χ4n) is 2.11. The van der Waals surface area contributed by atoms with Gasteiger partial charge in [-0.25, -0.2) is 5.43 Å². The smallest absolute Gasteiger partial charge is 0.284 e. The van der Waals surface area contributed by atoms with Crippen LogP contribution in [0.3, 0.4) is 0 Å². The quantitative estimate of drug-likeness (QED) is 0.692. The summed E-state index contributed by atoms with van der Waals surface area (Å²) in [5.74, 6) is 1.55. The van der Waals surface area contributed by atoms with Gasteiger partial charge in [0.25, 0.3) is 5.91 Å². The average molecular weight is 312 g/mol. The molecule has 1 aliphatic rings. The zero-order chi connectivity index (χ0) is 16.1. The first-order valence-electron chi connectivity index (χ1n) is 7.12. The lowest BCUT2D eigenvalue weighted by molar-refractivity contribution is -0.130. The number of methoxy groups -OCH3 is 1. The van der Waals surface area contributed by atoms with Crippen LogP contribution in [0.25, 0.3) is 0 Å². The normalized spacial score (nSPS) is 16.1. The molecule has 0 fully saturated rings. The summed E-state index contributed by atoms with van der Waals surface area (Å²) in [6, 6.07) is 14.6. The van der Waals surface area contributed by atoms with Crippen molar-refractivity contribution in [3.8, 4) is 17.2 Å². The molecule has 1 N–H and O–H groups in total. The van der Waals surface area contributed by atoms with Gasteiger partial charge in [0.15, 0.2) is 11.5 Å². The topological polar surface area (TPSA) is 69.2 Å². The van der Waals surface area contributed by atoms with E-state index in [9.17, 15) is 4.79 Å². The molecule has 0 saturated carbocycles. The number of ether oxygens (including phenoxy) is 3. The fourth-order valence-corrected chi connectivity index (χ4v) is 2.11. The van der Waals surface area contributed by atoms with E-state index in [1.54, 1.807) is 19.2 Å². The molecule has 0 aliphatic carbocycles. The van der Waals surface area contributed by atoms with Gasteiger partial charge in [0, 0.05) is 0 Å². The summed E-state index contributed by atoms with van der Waals surface area (Å²) in [6.07, 6.45) is 0.810. The van der Waals surface area contributed by atoms with E-state index in [1.165, 1.54) is 6.21 Å². The largest absolute Gasteiger partial charge is 0.497 e. The fraction of sp³-hybridized carbons (Fsp3) is 0.176. The van der Waals surface area contributed by atoms with Crippen molar-refractivity contribution in [2.75, 3.05) is 13.7 Å². The monoisotopic (exact) mass is 312 g/mol. The van der Waals surface area contributed by atoms with Crippen molar-refractivity contribution in [3.63, 3.8) is 0 Å². The molecule has 23 heavy (non-hydrogen) atoms. The summed E-state index contributed by atoms with van der Waals surface area (Å²) in [4.78, 5) is 12.1. The van der Waals surface area contributed by atoms with Crippen molar-refractivity contribution in [3.05, 3.63) is 54.1 Å². The second-order valence-electron chi connectivity index (χ2n) is 4.88. The van der Waals surface area contributed by atoms with Gasteiger partial charge in [-0.15, -0.1) is 0 Å². The molecule has 6 heteroatoms. The minimum absolute atomic E-state index is 0.150. The summed E-state index contributed by atoms with van der Waals surface area (Å²) < 4.78 is 16.2. The van der Waals surface area contributed by atoms with Crippen LogP contribution in [0.2, 0.25) is 0 Å². The number of hydrazone groups is 1. The molecule has 1 amide bonds. The molecule has 0 spiro atoms. The summed E-state index contributed by atoms with van der Waals surface area (Å²) in [7, 11) is 1.59. The van der Waals surface area contributed by atoms with E-state index < -0.39 is 6.10 Å². The minimum Gasteiger partial charge on any atom is -0.497 e. The van der Waals surface area contributed by atoms with Gasteiger partial charge in [-0.3, -0.25) is 4.79 Å². The molecule has 118 valence electrons. The van der Waals surface area contributed by atoms with Gasteiger partial charge in [0.1, 0.15) is 12.4 Å². The summed E-state index contributed by atoms with van der Waals surface area (Å²) in [5.41, 5.74) is 3.27.